The second-order valence-electron chi connectivity index (χ2n) is 1.62. The first-order valence-corrected chi connectivity index (χ1v) is 3.27. The molecule has 0 bridgehead atoms. The average Bonchev–Trinajstić information content (AvgIpc) is 1.65. The molecule has 44 valence electrons. The summed E-state index contributed by atoms with van der Waals surface area (Å²) in [5.41, 5.74) is 0. The van der Waals surface area contributed by atoms with E-state index in [-0.39, 0.29) is 0 Å². The molecule has 0 aliphatic rings. The molecule has 0 rings (SSSR count). The lowest BCUT2D eigenvalue weighted by Gasteiger charge is -2.09. The Morgan fingerprint density at radius 3 is 1.86 bits per heavy atom. The molecule has 0 aromatic rings. The van der Waals surface area contributed by atoms with Gasteiger partial charge in [0.2, 0.25) is 0 Å². The molecule has 0 aliphatic carbocycles. The predicted octanol–water partition coefficient (Wildman–Crippen LogP) is 1.80. The van der Waals surface area contributed by atoms with E-state index >= 15 is 0 Å². The van der Waals surface area contributed by atoms with E-state index < -0.39 is 0 Å². The van der Waals surface area contributed by atoms with Gasteiger partial charge in [-0.25, -0.2) is 0 Å². The predicted molar refractivity (Wildman–Crippen MR) is 34.9 cm³/mol. The molecule has 0 aromatic heterocycles. The lowest BCUT2D eigenvalue weighted by molar-refractivity contribution is 0.121. The van der Waals surface area contributed by atoms with E-state index in [1.54, 1.807) is 7.11 Å². The summed E-state index contributed by atoms with van der Waals surface area (Å²) in [4.78, 5) is 0.456. The highest BCUT2D eigenvalue weighted by atomic mass is 79.9. The third kappa shape index (κ3) is 3.06. The van der Waals surface area contributed by atoms with Gasteiger partial charge in [-0.2, -0.15) is 0 Å². The van der Waals surface area contributed by atoms with E-state index in [0.717, 1.165) is 0 Å². The zero-order chi connectivity index (χ0) is 5.86. The molecular weight excluding hydrogens is 156 g/mol. The SMILES string of the molecule is CO[C@@H](C)C(C)Br. The lowest BCUT2D eigenvalue weighted by Crippen LogP contribution is -2.14. The molecule has 2 heteroatoms. The molecule has 0 aromatic carbocycles. The normalized spacial score (nSPS) is 18.9. The third-order valence-electron chi connectivity index (χ3n) is 1.02. The Balaban J connectivity index is 3.14. The van der Waals surface area contributed by atoms with Crippen LogP contribution in [0.25, 0.3) is 0 Å². The Kier molecular flexibility index (Phi) is 3.66. The lowest BCUT2D eigenvalue weighted by atomic mass is 10.3. The zero-order valence-electron chi connectivity index (χ0n) is 4.94. The molecule has 1 nitrogen and oxygen atoms in total. The van der Waals surface area contributed by atoms with Crippen LogP contribution in [0.15, 0.2) is 0 Å². The van der Waals surface area contributed by atoms with Crippen molar-refractivity contribution >= 4 is 15.9 Å². The summed E-state index contributed by atoms with van der Waals surface area (Å²) in [6, 6.07) is 0. The van der Waals surface area contributed by atoms with Crippen LogP contribution in [0.4, 0.5) is 0 Å². The molecule has 2 atom stereocenters. The minimum Gasteiger partial charge on any atom is -0.381 e. The van der Waals surface area contributed by atoms with Crippen LogP contribution < -0.4 is 0 Å². The Bertz CT molecular complexity index is 45.3. The van der Waals surface area contributed by atoms with Gasteiger partial charge in [0.1, 0.15) is 0 Å². The molecule has 0 saturated heterocycles. The molecular formula is C5H11BrO. The summed E-state index contributed by atoms with van der Waals surface area (Å²) in [6.07, 6.45) is 0.319. The van der Waals surface area contributed by atoms with Crippen molar-refractivity contribution in [3.8, 4) is 0 Å². The van der Waals surface area contributed by atoms with Gasteiger partial charge in [-0.15, -0.1) is 0 Å². The summed E-state index contributed by atoms with van der Waals surface area (Å²) < 4.78 is 4.96. The van der Waals surface area contributed by atoms with Crippen molar-refractivity contribution < 1.29 is 4.74 Å². The standard InChI is InChI=1S/C5H11BrO/c1-4(6)5(2)7-3/h4-5H,1-3H3/t4?,5-/m0/s1. The van der Waals surface area contributed by atoms with E-state index in [9.17, 15) is 0 Å². The van der Waals surface area contributed by atoms with E-state index in [4.69, 9.17) is 4.74 Å². The van der Waals surface area contributed by atoms with Crippen molar-refractivity contribution in [3.05, 3.63) is 0 Å². The van der Waals surface area contributed by atoms with Gasteiger partial charge >= 0.3 is 0 Å². The van der Waals surface area contributed by atoms with Crippen LogP contribution in [0.5, 0.6) is 0 Å². The van der Waals surface area contributed by atoms with E-state index in [0.29, 0.717) is 10.9 Å². The monoisotopic (exact) mass is 166 g/mol. The van der Waals surface area contributed by atoms with Crippen molar-refractivity contribution in [1.82, 2.24) is 0 Å². The highest BCUT2D eigenvalue weighted by Crippen LogP contribution is 2.05. The number of methoxy groups -OCH3 is 1. The Morgan fingerprint density at radius 1 is 1.43 bits per heavy atom. The van der Waals surface area contributed by atoms with Crippen LogP contribution in [0, 0.1) is 0 Å². The topological polar surface area (TPSA) is 9.23 Å². The van der Waals surface area contributed by atoms with E-state index in [1.807, 2.05) is 6.92 Å². The third-order valence-corrected chi connectivity index (χ3v) is 1.76. The van der Waals surface area contributed by atoms with Crippen molar-refractivity contribution in [2.24, 2.45) is 0 Å². The Morgan fingerprint density at radius 2 is 1.86 bits per heavy atom. The molecule has 0 spiro atoms. The molecule has 0 fully saturated rings. The number of ether oxygens (including phenoxy) is 1. The maximum atomic E-state index is 4.96. The van der Waals surface area contributed by atoms with Crippen LogP contribution in [-0.4, -0.2) is 18.0 Å². The first-order valence-electron chi connectivity index (χ1n) is 2.35. The minimum absolute atomic E-state index is 0.319. The zero-order valence-corrected chi connectivity index (χ0v) is 6.53. The van der Waals surface area contributed by atoms with Crippen molar-refractivity contribution in [1.29, 1.82) is 0 Å². The van der Waals surface area contributed by atoms with Gasteiger partial charge in [0.05, 0.1) is 6.10 Å². The second-order valence-corrected chi connectivity index (χ2v) is 3.06. The summed E-state index contributed by atoms with van der Waals surface area (Å²) in [5, 5.41) is 0. The van der Waals surface area contributed by atoms with Gasteiger partial charge < -0.3 is 4.74 Å². The van der Waals surface area contributed by atoms with Crippen molar-refractivity contribution in [3.63, 3.8) is 0 Å². The maximum Gasteiger partial charge on any atom is 0.0665 e. The number of halogens is 1. The number of alkyl halides is 1. The van der Waals surface area contributed by atoms with Crippen molar-refractivity contribution in [2.45, 2.75) is 24.8 Å². The fourth-order valence-electron chi connectivity index (χ4n) is 0.188. The van der Waals surface area contributed by atoms with Gasteiger partial charge in [-0.1, -0.05) is 22.9 Å². The molecule has 0 radical (unpaired) electrons. The van der Waals surface area contributed by atoms with E-state index in [2.05, 4.69) is 22.9 Å². The van der Waals surface area contributed by atoms with Crippen LogP contribution in [-0.2, 0) is 4.74 Å². The van der Waals surface area contributed by atoms with Crippen molar-refractivity contribution in [2.75, 3.05) is 7.11 Å². The first-order chi connectivity index (χ1) is 3.18. The molecule has 0 aliphatic heterocycles. The Hall–Kier alpha value is 0.440. The molecule has 0 heterocycles. The largest absolute Gasteiger partial charge is 0.381 e. The summed E-state index contributed by atoms with van der Waals surface area (Å²) >= 11 is 3.37. The smallest absolute Gasteiger partial charge is 0.0665 e. The van der Waals surface area contributed by atoms with Gasteiger partial charge in [0, 0.05) is 11.9 Å². The fourth-order valence-corrected chi connectivity index (χ4v) is 0.403. The van der Waals surface area contributed by atoms with Gasteiger partial charge in [0.15, 0.2) is 0 Å². The van der Waals surface area contributed by atoms with Crippen LogP contribution in [0.2, 0.25) is 0 Å². The molecule has 0 amide bonds. The molecule has 1 unspecified atom stereocenters. The first kappa shape index (κ1) is 7.44. The van der Waals surface area contributed by atoms with Gasteiger partial charge in [0.25, 0.3) is 0 Å². The van der Waals surface area contributed by atoms with Crippen LogP contribution in [0.3, 0.4) is 0 Å². The maximum absolute atomic E-state index is 4.96. The number of rotatable bonds is 2. The van der Waals surface area contributed by atoms with Gasteiger partial charge in [-0.05, 0) is 6.92 Å². The fraction of sp³-hybridized carbons (Fsp3) is 1.00. The van der Waals surface area contributed by atoms with Crippen LogP contribution >= 0.6 is 15.9 Å². The second kappa shape index (κ2) is 3.44. The Labute approximate surface area is 53.2 Å². The number of hydrogen-bond donors (Lipinski definition) is 0. The summed E-state index contributed by atoms with van der Waals surface area (Å²) in [6.45, 7) is 4.09. The number of hydrogen-bond acceptors (Lipinski definition) is 1. The molecule has 7 heavy (non-hydrogen) atoms. The minimum atomic E-state index is 0.319. The molecule has 0 saturated carbocycles. The summed E-state index contributed by atoms with van der Waals surface area (Å²) in [5.74, 6) is 0. The highest BCUT2D eigenvalue weighted by Gasteiger charge is 2.04. The molecule has 0 N–H and O–H groups in total. The van der Waals surface area contributed by atoms with Crippen LogP contribution in [0.1, 0.15) is 13.8 Å². The quantitative estimate of drug-likeness (QED) is 0.570. The highest BCUT2D eigenvalue weighted by molar-refractivity contribution is 9.09. The summed E-state index contributed by atoms with van der Waals surface area (Å²) in [7, 11) is 1.71. The van der Waals surface area contributed by atoms with Gasteiger partial charge in [-0.3, -0.25) is 0 Å². The van der Waals surface area contributed by atoms with E-state index in [1.165, 1.54) is 0 Å². The average molecular weight is 167 g/mol.